The van der Waals surface area contributed by atoms with E-state index in [1.165, 1.54) is 0 Å². The molecule has 0 heterocycles. The molecule has 18 heavy (non-hydrogen) atoms. The number of nitrogens with one attached hydrogen (secondary N) is 1. The maximum absolute atomic E-state index is 11.5. The van der Waals surface area contributed by atoms with Crippen molar-refractivity contribution >= 4 is 5.91 Å². The van der Waals surface area contributed by atoms with Gasteiger partial charge >= 0.3 is 0 Å². The standard InChI is InChI=1S/C14H20N2O2/c1-3-7-16(8-9-17)11-12-5-4-6-13(10-12)14(18)15-2/h3-6,10,17H,1,7-9,11H2,2H3,(H,15,18). The van der Waals surface area contributed by atoms with Crippen LogP contribution in [-0.4, -0.2) is 42.7 Å². The average molecular weight is 248 g/mol. The Balaban J connectivity index is 2.76. The zero-order chi connectivity index (χ0) is 13.4. The highest BCUT2D eigenvalue weighted by Gasteiger charge is 2.07. The van der Waals surface area contributed by atoms with Crippen molar-refractivity contribution in [1.29, 1.82) is 0 Å². The van der Waals surface area contributed by atoms with Crippen LogP contribution in [-0.2, 0) is 6.54 Å². The SMILES string of the molecule is C=CCN(CCO)Cc1cccc(C(=O)NC)c1. The molecule has 0 radical (unpaired) electrons. The number of carbonyl (C=O) groups excluding carboxylic acids is 1. The van der Waals surface area contributed by atoms with E-state index in [9.17, 15) is 4.79 Å². The highest BCUT2D eigenvalue weighted by atomic mass is 16.3. The van der Waals surface area contributed by atoms with Gasteiger partial charge in [-0.15, -0.1) is 6.58 Å². The van der Waals surface area contributed by atoms with Crippen LogP contribution in [0, 0.1) is 0 Å². The van der Waals surface area contributed by atoms with Gasteiger partial charge in [-0.25, -0.2) is 0 Å². The summed E-state index contributed by atoms with van der Waals surface area (Å²) in [5.41, 5.74) is 1.70. The molecule has 1 aromatic carbocycles. The molecule has 4 heteroatoms. The van der Waals surface area contributed by atoms with Gasteiger partial charge in [-0.3, -0.25) is 9.69 Å². The molecule has 0 aliphatic carbocycles. The van der Waals surface area contributed by atoms with Gasteiger partial charge in [0.25, 0.3) is 5.91 Å². The second kappa shape index (κ2) is 7.63. The Kier molecular flexibility index (Phi) is 6.11. The summed E-state index contributed by atoms with van der Waals surface area (Å²) in [7, 11) is 1.62. The highest BCUT2D eigenvalue weighted by molar-refractivity contribution is 5.94. The molecule has 0 unspecified atom stereocenters. The van der Waals surface area contributed by atoms with Crippen molar-refractivity contribution in [3.63, 3.8) is 0 Å². The van der Waals surface area contributed by atoms with Crippen molar-refractivity contribution in [2.45, 2.75) is 6.54 Å². The normalized spacial score (nSPS) is 10.4. The Bertz CT molecular complexity index is 405. The van der Waals surface area contributed by atoms with Crippen molar-refractivity contribution in [3.8, 4) is 0 Å². The second-order valence-corrected chi connectivity index (χ2v) is 4.03. The molecule has 1 amide bonds. The van der Waals surface area contributed by atoms with Crippen molar-refractivity contribution in [1.82, 2.24) is 10.2 Å². The summed E-state index contributed by atoms with van der Waals surface area (Å²) in [6, 6.07) is 7.49. The molecule has 0 atom stereocenters. The average Bonchev–Trinajstić information content (AvgIpc) is 2.39. The van der Waals surface area contributed by atoms with Crippen LogP contribution in [0.3, 0.4) is 0 Å². The zero-order valence-electron chi connectivity index (χ0n) is 10.7. The number of hydrogen-bond donors (Lipinski definition) is 2. The Hall–Kier alpha value is -1.65. The Labute approximate surface area is 108 Å². The predicted molar refractivity (Wildman–Crippen MR) is 72.4 cm³/mol. The molecule has 1 rings (SSSR count). The molecule has 0 bridgehead atoms. The van der Waals surface area contributed by atoms with Gasteiger partial charge in [0.05, 0.1) is 6.61 Å². The molecular weight excluding hydrogens is 228 g/mol. The Morgan fingerprint density at radius 2 is 2.33 bits per heavy atom. The van der Waals surface area contributed by atoms with E-state index < -0.39 is 0 Å². The van der Waals surface area contributed by atoms with Gasteiger partial charge in [0.1, 0.15) is 0 Å². The Morgan fingerprint density at radius 1 is 1.56 bits per heavy atom. The first kappa shape index (κ1) is 14.4. The molecule has 0 spiro atoms. The molecule has 0 fully saturated rings. The summed E-state index contributed by atoms with van der Waals surface area (Å²) >= 11 is 0. The van der Waals surface area contributed by atoms with Crippen molar-refractivity contribution in [2.75, 3.05) is 26.7 Å². The molecule has 0 aromatic heterocycles. The third-order valence-corrected chi connectivity index (χ3v) is 2.63. The number of amides is 1. The summed E-state index contributed by atoms with van der Waals surface area (Å²) < 4.78 is 0. The van der Waals surface area contributed by atoms with Gasteiger partial charge in [0.15, 0.2) is 0 Å². The number of nitrogens with zero attached hydrogens (tertiary/aromatic N) is 1. The Morgan fingerprint density at radius 3 is 2.94 bits per heavy atom. The van der Waals surface area contributed by atoms with E-state index >= 15 is 0 Å². The fraction of sp³-hybridized carbons (Fsp3) is 0.357. The van der Waals surface area contributed by atoms with Crippen LogP contribution < -0.4 is 5.32 Å². The lowest BCUT2D eigenvalue weighted by Crippen LogP contribution is -2.26. The van der Waals surface area contributed by atoms with Crippen molar-refractivity contribution in [2.24, 2.45) is 0 Å². The van der Waals surface area contributed by atoms with Crippen LogP contribution in [0.4, 0.5) is 0 Å². The van der Waals surface area contributed by atoms with Crippen molar-refractivity contribution in [3.05, 3.63) is 48.0 Å². The first-order valence-corrected chi connectivity index (χ1v) is 5.96. The zero-order valence-corrected chi connectivity index (χ0v) is 10.7. The lowest BCUT2D eigenvalue weighted by molar-refractivity contribution is 0.0963. The smallest absolute Gasteiger partial charge is 0.251 e. The van der Waals surface area contributed by atoms with E-state index in [1.54, 1.807) is 19.2 Å². The molecule has 1 aromatic rings. The molecule has 0 aliphatic heterocycles. The number of hydrogen-bond acceptors (Lipinski definition) is 3. The molecule has 2 N–H and O–H groups in total. The van der Waals surface area contributed by atoms with Crippen LogP contribution in [0.25, 0.3) is 0 Å². The van der Waals surface area contributed by atoms with Crippen molar-refractivity contribution < 1.29 is 9.90 Å². The third-order valence-electron chi connectivity index (χ3n) is 2.63. The molecule has 4 nitrogen and oxygen atoms in total. The van der Waals surface area contributed by atoms with Gasteiger partial charge in [0, 0.05) is 32.2 Å². The topological polar surface area (TPSA) is 52.6 Å². The number of benzene rings is 1. The lowest BCUT2D eigenvalue weighted by Gasteiger charge is -2.19. The fourth-order valence-electron chi connectivity index (χ4n) is 1.77. The third kappa shape index (κ3) is 4.31. The van der Waals surface area contributed by atoms with E-state index in [0.717, 1.165) is 5.56 Å². The van der Waals surface area contributed by atoms with E-state index in [0.29, 0.717) is 25.2 Å². The summed E-state index contributed by atoms with van der Waals surface area (Å²) in [4.78, 5) is 13.6. The van der Waals surface area contributed by atoms with Gasteiger partial charge < -0.3 is 10.4 Å². The minimum atomic E-state index is -0.0886. The van der Waals surface area contributed by atoms with Gasteiger partial charge in [-0.2, -0.15) is 0 Å². The van der Waals surface area contributed by atoms with Crippen LogP contribution >= 0.6 is 0 Å². The van der Waals surface area contributed by atoms with E-state index in [2.05, 4.69) is 16.8 Å². The lowest BCUT2D eigenvalue weighted by atomic mass is 10.1. The van der Waals surface area contributed by atoms with Crippen LogP contribution in [0.15, 0.2) is 36.9 Å². The van der Waals surface area contributed by atoms with Gasteiger partial charge in [-0.05, 0) is 17.7 Å². The van der Waals surface area contributed by atoms with E-state index in [1.807, 2.05) is 18.2 Å². The minimum Gasteiger partial charge on any atom is -0.395 e. The molecule has 0 aliphatic rings. The minimum absolute atomic E-state index is 0.0886. The number of carbonyl (C=O) groups is 1. The van der Waals surface area contributed by atoms with Gasteiger partial charge in [0.2, 0.25) is 0 Å². The maximum atomic E-state index is 11.5. The number of aliphatic hydroxyl groups excluding tert-OH is 1. The van der Waals surface area contributed by atoms with Crippen LogP contribution in [0.1, 0.15) is 15.9 Å². The molecular formula is C14H20N2O2. The summed E-state index contributed by atoms with van der Waals surface area (Å²) in [6.45, 7) is 5.81. The van der Waals surface area contributed by atoms with Gasteiger partial charge in [-0.1, -0.05) is 18.2 Å². The predicted octanol–water partition coefficient (Wildman–Crippen LogP) is 1.03. The second-order valence-electron chi connectivity index (χ2n) is 4.03. The first-order chi connectivity index (χ1) is 8.71. The highest BCUT2D eigenvalue weighted by Crippen LogP contribution is 2.08. The van der Waals surface area contributed by atoms with E-state index in [-0.39, 0.29) is 12.5 Å². The van der Waals surface area contributed by atoms with Crippen LogP contribution in [0.5, 0.6) is 0 Å². The number of aliphatic hydroxyl groups is 1. The quantitative estimate of drug-likeness (QED) is 0.709. The van der Waals surface area contributed by atoms with E-state index in [4.69, 9.17) is 5.11 Å². The summed E-state index contributed by atoms with van der Waals surface area (Å²) in [5, 5.41) is 11.6. The maximum Gasteiger partial charge on any atom is 0.251 e. The number of rotatable bonds is 7. The fourth-order valence-corrected chi connectivity index (χ4v) is 1.77. The molecule has 0 saturated carbocycles. The summed E-state index contributed by atoms with van der Waals surface area (Å²) in [5.74, 6) is -0.0886. The largest absolute Gasteiger partial charge is 0.395 e. The summed E-state index contributed by atoms with van der Waals surface area (Å²) in [6.07, 6.45) is 1.80. The van der Waals surface area contributed by atoms with Crippen LogP contribution in [0.2, 0.25) is 0 Å². The molecule has 98 valence electrons. The molecule has 0 saturated heterocycles. The monoisotopic (exact) mass is 248 g/mol. The first-order valence-electron chi connectivity index (χ1n) is 5.96.